The van der Waals surface area contributed by atoms with Crippen molar-refractivity contribution in [2.24, 2.45) is 0 Å². The fourth-order valence-corrected chi connectivity index (χ4v) is 4.49. The van der Waals surface area contributed by atoms with Gasteiger partial charge in [-0.25, -0.2) is 9.18 Å². The lowest BCUT2D eigenvalue weighted by atomic mass is 10.0. The van der Waals surface area contributed by atoms with Crippen LogP contribution in [0.1, 0.15) is 27.7 Å². The van der Waals surface area contributed by atoms with E-state index in [0.717, 1.165) is 10.6 Å². The van der Waals surface area contributed by atoms with Crippen LogP contribution in [0, 0.1) is 5.82 Å². The van der Waals surface area contributed by atoms with E-state index in [1.54, 1.807) is 35.2 Å². The molecule has 2 aromatic carbocycles. The summed E-state index contributed by atoms with van der Waals surface area (Å²) < 4.78 is 61.3. The fourth-order valence-electron chi connectivity index (χ4n) is 4.49. The predicted octanol–water partition coefficient (Wildman–Crippen LogP) is 3.54. The molecule has 0 unspecified atom stereocenters. The molecule has 0 radical (unpaired) electrons. The minimum absolute atomic E-state index is 0.0179. The first-order chi connectivity index (χ1) is 17.2. The second-order valence-electron chi connectivity index (χ2n) is 8.28. The highest BCUT2D eigenvalue weighted by molar-refractivity contribution is 5.95. The number of hydrogen-bond donors (Lipinski definition) is 0. The van der Waals surface area contributed by atoms with Crippen LogP contribution in [0.5, 0.6) is 0 Å². The van der Waals surface area contributed by atoms with Crippen molar-refractivity contribution in [2.75, 3.05) is 13.7 Å². The summed E-state index contributed by atoms with van der Waals surface area (Å²) >= 11 is 0. The van der Waals surface area contributed by atoms with Gasteiger partial charge in [-0.15, -0.1) is 10.2 Å². The fraction of sp³-hybridized carbons (Fsp3) is 0.250. The molecule has 0 amide bonds. The normalized spacial score (nSPS) is 14.1. The molecule has 36 heavy (non-hydrogen) atoms. The summed E-state index contributed by atoms with van der Waals surface area (Å²) in [5.41, 5.74) is 0.177. The van der Waals surface area contributed by atoms with E-state index in [4.69, 9.17) is 4.74 Å². The SMILES string of the molecule is COC(=O)c1c(CN2CCn3c(nnc3C(F)(F)F)C2)c(=O)c2ccc(F)cc2n1-c1ccccc1. The Labute approximate surface area is 201 Å². The van der Waals surface area contributed by atoms with E-state index >= 15 is 0 Å². The van der Waals surface area contributed by atoms with Crippen LogP contribution in [0.15, 0.2) is 53.3 Å². The third kappa shape index (κ3) is 4.02. The van der Waals surface area contributed by atoms with Crippen molar-refractivity contribution >= 4 is 16.9 Å². The monoisotopic (exact) mass is 501 g/mol. The molecule has 1 aliphatic rings. The summed E-state index contributed by atoms with van der Waals surface area (Å²) in [4.78, 5) is 28.3. The third-order valence-electron chi connectivity index (χ3n) is 6.09. The topological polar surface area (TPSA) is 82.2 Å². The van der Waals surface area contributed by atoms with Gasteiger partial charge in [0.05, 0.1) is 19.2 Å². The number of nitrogens with zero attached hydrogens (tertiary/aromatic N) is 5. The molecule has 186 valence electrons. The first-order valence-corrected chi connectivity index (χ1v) is 10.9. The lowest BCUT2D eigenvalue weighted by molar-refractivity contribution is -0.148. The number of aromatic nitrogens is 4. The van der Waals surface area contributed by atoms with Crippen LogP contribution < -0.4 is 5.43 Å². The van der Waals surface area contributed by atoms with Gasteiger partial charge >= 0.3 is 12.1 Å². The average Bonchev–Trinajstić information content (AvgIpc) is 3.29. The number of para-hydroxylation sites is 1. The number of rotatable bonds is 4. The second kappa shape index (κ2) is 8.86. The van der Waals surface area contributed by atoms with Crippen LogP contribution in [0.25, 0.3) is 16.6 Å². The second-order valence-corrected chi connectivity index (χ2v) is 8.28. The van der Waals surface area contributed by atoms with Crippen LogP contribution >= 0.6 is 0 Å². The standard InChI is InChI=1S/C24H19F4N5O3/c1-36-22(35)20-17(12-31-9-10-32-19(13-31)29-30-23(32)24(26,27)28)21(34)16-8-7-14(25)11-18(16)33(20)15-5-3-2-4-6-15/h2-8,11H,9-10,12-13H2,1H3. The Morgan fingerprint density at radius 3 is 2.53 bits per heavy atom. The molecular formula is C24H19F4N5O3. The average molecular weight is 501 g/mol. The van der Waals surface area contributed by atoms with Crippen molar-refractivity contribution in [3.63, 3.8) is 0 Å². The highest BCUT2D eigenvalue weighted by Gasteiger charge is 2.39. The molecular weight excluding hydrogens is 482 g/mol. The Balaban J connectivity index is 1.66. The van der Waals surface area contributed by atoms with Gasteiger partial charge in [-0.3, -0.25) is 9.69 Å². The van der Waals surface area contributed by atoms with E-state index in [0.29, 0.717) is 5.69 Å². The largest absolute Gasteiger partial charge is 0.464 e. The minimum atomic E-state index is -4.64. The summed E-state index contributed by atoms with van der Waals surface area (Å²) in [5, 5.41) is 7.13. The zero-order chi connectivity index (χ0) is 25.6. The van der Waals surface area contributed by atoms with Crippen molar-refractivity contribution in [1.29, 1.82) is 0 Å². The lowest BCUT2D eigenvalue weighted by Crippen LogP contribution is -2.37. The van der Waals surface area contributed by atoms with Crippen molar-refractivity contribution in [1.82, 2.24) is 24.2 Å². The molecule has 0 bridgehead atoms. The minimum Gasteiger partial charge on any atom is -0.464 e. The number of hydrogen-bond acceptors (Lipinski definition) is 6. The Morgan fingerprint density at radius 1 is 1.08 bits per heavy atom. The van der Waals surface area contributed by atoms with E-state index in [1.807, 2.05) is 0 Å². The maximum atomic E-state index is 14.2. The van der Waals surface area contributed by atoms with E-state index in [1.165, 1.54) is 23.8 Å². The van der Waals surface area contributed by atoms with Crippen molar-refractivity contribution in [3.05, 3.63) is 87.5 Å². The smallest absolute Gasteiger partial charge is 0.451 e. The van der Waals surface area contributed by atoms with E-state index in [9.17, 15) is 27.2 Å². The highest BCUT2D eigenvalue weighted by Crippen LogP contribution is 2.30. The van der Waals surface area contributed by atoms with Gasteiger partial charge in [0.15, 0.2) is 5.43 Å². The van der Waals surface area contributed by atoms with Crippen LogP contribution in [0.4, 0.5) is 17.6 Å². The summed E-state index contributed by atoms with van der Waals surface area (Å²) in [6, 6.07) is 12.3. The van der Waals surface area contributed by atoms with Crippen LogP contribution in [0.3, 0.4) is 0 Å². The molecule has 8 nitrogen and oxygen atoms in total. The number of pyridine rings is 1. The molecule has 0 atom stereocenters. The number of methoxy groups -OCH3 is 1. The van der Waals surface area contributed by atoms with Crippen molar-refractivity contribution < 1.29 is 27.1 Å². The first kappa shape index (κ1) is 23.7. The molecule has 0 saturated heterocycles. The lowest BCUT2D eigenvalue weighted by Gasteiger charge is -2.29. The number of benzene rings is 2. The summed E-state index contributed by atoms with van der Waals surface area (Å²) in [5.74, 6) is -2.38. The molecule has 0 aliphatic carbocycles. The van der Waals surface area contributed by atoms with Gasteiger partial charge in [-0.05, 0) is 30.3 Å². The first-order valence-electron chi connectivity index (χ1n) is 10.9. The van der Waals surface area contributed by atoms with Crippen LogP contribution in [-0.4, -0.2) is 43.9 Å². The number of fused-ring (bicyclic) bond motifs is 2. The maximum Gasteiger partial charge on any atom is 0.451 e. The summed E-state index contributed by atoms with van der Waals surface area (Å²) in [7, 11) is 1.17. The molecule has 0 N–H and O–H groups in total. The van der Waals surface area contributed by atoms with Gasteiger partial charge in [0.1, 0.15) is 17.3 Å². The van der Waals surface area contributed by atoms with E-state index < -0.39 is 29.2 Å². The van der Waals surface area contributed by atoms with Gasteiger partial charge in [-0.1, -0.05) is 18.2 Å². The molecule has 1 aliphatic heterocycles. The summed E-state index contributed by atoms with van der Waals surface area (Å²) in [6.07, 6.45) is -4.64. The van der Waals surface area contributed by atoms with Gasteiger partial charge in [0.2, 0.25) is 5.82 Å². The number of halogens is 4. The predicted molar refractivity (Wildman–Crippen MR) is 120 cm³/mol. The van der Waals surface area contributed by atoms with Crippen LogP contribution in [-0.2, 0) is 30.5 Å². The maximum absolute atomic E-state index is 14.2. The number of carbonyl (C=O) groups excluding carboxylic acids is 1. The number of esters is 1. The Bertz CT molecular complexity index is 1530. The number of alkyl halides is 3. The van der Waals surface area contributed by atoms with Gasteiger partial charge < -0.3 is 13.9 Å². The van der Waals surface area contributed by atoms with Crippen LogP contribution in [0.2, 0.25) is 0 Å². The zero-order valence-corrected chi connectivity index (χ0v) is 18.9. The molecule has 0 saturated carbocycles. The van der Waals surface area contributed by atoms with E-state index in [-0.39, 0.29) is 54.2 Å². The van der Waals surface area contributed by atoms with E-state index in [2.05, 4.69) is 10.2 Å². The Hall–Kier alpha value is -4.06. The van der Waals surface area contributed by atoms with Crippen molar-refractivity contribution in [3.8, 4) is 5.69 Å². The molecule has 12 heteroatoms. The van der Waals surface area contributed by atoms with Gasteiger partial charge in [-0.2, -0.15) is 13.2 Å². The van der Waals surface area contributed by atoms with Crippen molar-refractivity contribution in [2.45, 2.75) is 25.8 Å². The quantitative estimate of drug-likeness (QED) is 0.314. The zero-order valence-electron chi connectivity index (χ0n) is 18.9. The highest BCUT2D eigenvalue weighted by atomic mass is 19.4. The molecule has 3 heterocycles. The van der Waals surface area contributed by atoms with Gasteiger partial charge in [0, 0.05) is 36.3 Å². The molecule has 2 aromatic heterocycles. The Morgan fingerprint density at radius 2 is 1.83 bits per heavy atom. The summed E-state index contributed by atoms with van der Waals surface area (Å²) in [6.45, 7) is 0.0188. The Kier molecular flexibility index (Phi) is 5.83. The molecule has 0 fully saturated rings. The number of carbonyl (C=O) groups is 1. The molecule has 4 aromatic rings. The number of ether oxygens (including phenoxy) is 1. The molecule has 0 spiro atoms. The molecule has 5 rings (SSSR count). The van der Waals surface area contributed by atoms with Gasteiger partial charge in [0.25, 0.3) is 0 Å². The third-order valence-corrected chi connectivity index (χ3v) is 6.09.